The van der Waals surface area contributed by atoms with Crippen molar-refractivity contribution in [2.45, 2.75) is 77.9 Å². The number of carbonyl (C=O) groups excluding carboxylic acids is 1. The van der Waals surface area contributed by atoms with Crippen molar-refractivity contribution in [3.63, 3.8) is 0 Å². The molecule has 0 saturated heterocycles. The summed E-state index contributed by atoms with van der Waals surface area (Å²) in [6.45, 7) is 4.68. The Bertz CT molecular complexity index is 859. The van der Waals surface area contributed by atoms with E-state index in [0.29, 0.717) is 23.8 Å². The number of alkyl halides is 1. The molecule has 162 valence electrons. The van der Waals surface area contributed by atoms with E-state index in [4.69, 9.17) is 5.26 Å². The van der Waals surface area contributed by atoms with Crippen LogP contribution in [0.3, 0.4) is 0 Å². The van der Waals surface area contributed by atoms with Gasteiger partial charge in [-0.3, -0.25) is 9.48 Å². The molecule has 9 atom stereocenters. The van der Waals surface area contributed by atoms with Gasteiger partial charge in [0, 0.05) is 6.20 Å². The number of nitriles is 1. The fraction of sp³-hybridized carbons (Fsp3) is 0.800. The predicted molar refractivity (Wildman–Crippen MR) is 112 cm³/mol. The van der Waals surface area contributed by atoms with Gasteiger partial charge in [-0.1, -0.05) is 20.3 Å². The van der Waals surface area contributed by atoms with E-state index in [1.807, 2.05) is 6.07 Å². The number of rotatable bonds is 3. The van der Waals surface area contributed by atoms with Crippen LogP contribution in [0, 0.1) is 58.2 Å². The Balaban J connectivity index is 1.35. The number of ketones is 1. The average molecular weight is 412 g/mol. The summed E-state index contributed by atoms with van der Waals surface area (Å²) in [7, 11) is 0. The van der Waals surface area contributed by atoms with E-state index in [0.717, 1.165) is 30.1 Å². The molecular formula is C25H34FN3O. The van der Waals surface area contributed by atoms with Crippen molar-refractivity contribution < 1.29 is 9.18 Å². The highest BCUT2D eigenvalue weighted by atomic mass is 19.1. The lowest BCUT2D eigenvalue weighted by Crippen LogP contribution is -2.49. The molecule has 1 aromatic rings. The van der Waals surface area contributed by atoms with Crippen LogP contribution < -0.4 is 0 Å². The molecule has 0 radical (unpaired) electrons. The Morgan fingerprint density at radius 1 is 1.23 bits per heavy atom. The SMILES string of the molecule is CC1CCC2C(CCC3C2CCC2(C)C3CC(F)C2C(=O)Cn2cc(C#N)cn2)C1. The first-order chi connectivity index (χ1) is 14.4. The molecule has 1 aromatic heterocycles. The minimum Gasteiger partial charge on any atom is -0.297 e. The summed E-state index contributed by atoms with van der Waals surface area (Å²) < 4.78 is 16.9. The highest BCUT2D eigenvalue weighted by Crippen LogP contribution is 2.65. The third-order valence-electron chi connectivity index (χ3n) is 9.63. The minimum absolute atomic E-state index is 0.0429. The fourth-order valence-electron chi connectivity index (χ4n) is 8.39. The van der Waals surface area contributed by atoms with Crippen LogP contribution in [0.2, 0.25) is 0 Å². The van der Waals surface area contributed by atoms with Gasteiger partial charge in [0.05, 0.1) is 24.2 Å². The minimum atomic E-state index is -1.04. The van der Waals surface area contributed by atoms with Gasteiger partial charge in [0.1, 0.15) is 12.2 Å². The second-order valence-electron chi connectivity index (χ2n) is 11.1. The number of Topliss-reactive ketones (excluding diaryl/α,β-unsaturated/α-hetero) is 1. The molecule has 4 nitrogen and oxygen atoms in total. The third-order valence-corrected chi connectivity index (χ3v) is 9.63. The second kappa shape index (κ2) is 7.46. The third kappa shape index (κ3) is 3.13. The number of nitrogens with zero attached hydrogens (tertiary/aromatic N) is 3. The molecule has 4 saturated carbocycles. The van der Waals surface area contributed by atoms with Crippen molar-refractivity contribution in [3.05, 3.63) is 18.0 Å². The summed E-state index contributed by atoms with van der Waals surface area (Å²) in [5, 5.41) is 13.1. The molecule has 4 aliphatic carbocycles. The Labute approximate surface area is 179 Å². The summed E-state index contributed by atoms with van der Waals surface area (Å²) in [5.74, 6) is 3.71. The monoisotopic (exact) mass is 411 g/mol. The van der Waals surface area contributed by atoms with E-state index in [2.05, 4.69) is 18.9 Å². The highest BCUT2D eigenvalue weighted by molar-refractivity contribution is 5.82. The maximum Gasteiger partial charge on any atom is 0.160 e. The van der Waals surface area contributed by atoms with E-state index < -0.39 is 12.1 Å². The number of aromatic nitrogens is 2. The molecule has 0 amide bonds. The molecule has 4 aliphatic rings. The number of halogens is 1. The van der Waals surface area contributed by atoms with Crippen molar-refractivity contribution in [1.82, 2.24) is 9.78 Å². The molecule has 4 fully saturated rings. The Morgan fingerprint density at radius 2 is 2.03 bits per heavy atom. The van der Waals surface area contributed by atoms with Gasteiger partial charge in [-0.15, -0.1) is 0 Å². The molecule has 5 rings (SSSR count). The van der Waals surface area contributed by atoms with E-state index in [1.165, 1.54) is 49.4 Å². The maximum absolute atomic E-state index is 15.4. The first-order valence-corrected chi connectivity index (χ1v) is 12.0. The molecule has 0 bridgehead atoms. The summed E-state index contributed by atoms with van der Waals surface area (Å²) in [6, 6.07) is 2.04. The average Bonchev–Trinajstić information content (AvgIpc) is 3.27. The van der Waals surface area contributed by atoms with Crippen LogP contribution in [0.5, 0.6) is 0 Å². The van der Waals surface area contributed by atoms with E-state index in [9.17, 15) is 4.79 Å². The van der Waals surface area contributed by atoms with Crippen LogP contribution in [0.15, 0.2) is 12.4 Å². The molecule has 0 aromatic carbocycles. The molecule has 0 N–H and O–H groups in total. The topological polar surface area (TPSA) is 58.7 Å². The highest BCUT2D eigenvalue weighted by Gasteiger charge is 2.61. The van der Waals surface area contributed by atoms with E-state index >= 15 is 4.39 Å². The van der Waals surface area contributed by atoms with Gasteiger partial charge in [-0.25, -0.2) is 4.39 Å². The molecule has 30 heavy (non-hydrogen) atoms. The maximum atomic E-state index is 15.4. The van der Waals surface area contributed by atoms with Gasteiger partial charge in [0.2, 0.25) is 0 Å². The van der Waals surface area contributed by atoms with Crippen molar-refractivity contribution in [2.75, 3.05) is 0 Å². The summed E-state index contributed by atoms with van der Waals surface area (Å²) in [5.41, 5.74) is 0.215. The van der Waals surface area contributed by atoms with Crippen LogP contribution >= 0.6 is 0 Å². The quantitative estimate of drug-likeness (QED) is 0.689. The Kier molecular flexibility index (Phi) is 5.03. The zero-order valence-electron chi connectivity index (χ0n) is 18.3. The van der Waals surface area contributed by atoms with E-state index in [1.54, 1.807) is 6.20 Å². The smallest absolute Gasteiger partial charge is 0.160 e. The number of carbonyl (C=O) groups is 1. The Morgan fingerprint density at radius 3 is 2.80 bits per heavy atom. The van der Waals surface area contributed by atoms with Gasteiger partial charge in [0.15, 0.2) is 5.78 Å². The van der Waals surface area contributed by atoms with Gasteiger partial charge in [-0.05, 0) is 85.9 Å². The van der Waals surface area contributed by atoms with Crippen LogP contribution in [0.1, 0.15) is 70.8 Å². The lowest BCUT2D eigenvalue weighted by molar-refractivity contribution is -0.133. The van der Waals surface area contributed by atoms with Gasteiger partial charge >= 0.3 is 0 Å². The van der Waals surface area contributed by atoms with Gasteiger partial charge < -0.3 is 0 Å². The van der Waals surface area contributed by atoms with Crippen LogP contribution in [-0.2, 0) is 11.3 Å². The van der Waals surface area contributed by atoms with Crippen molar-refractivity contribution in [2.24, 2.45) is 46.8 Å². The molecule has 0 aliphatic heterocycles. The molecular weight excluding hydrogens is 377 g/mol. The lowest BCUT2D eigenvalue weighted by Gasteiger charge is -2.56. The van der Waals surface area contributed by atoms with Crippen molar-refractivity contribution >= 4 is 5.78 Å². The zero-order chi connectivity index (χ0) is 21.0. The van der Waals surface area contributed by atoms with Gasteiger partial charge in [-0.2, -0.15) is 10.4 Å². The van der Waals surface area contributed by atoms with Crippen LogP contribution in [0.4, 0.5) is 4.39 Å². The molecule has 9 unspecified atom stereocenters. The standard InChI is InChI=1S/C25H34FN3O/c1-15-3-5-18-17(9-15)4-6-20-19(18)7-8-25(2)21(20)10-22(26)24(25)23(30)14-29-13-16(11-27)12-28-29/h12-13,15,17-22,24H,3-10,14H2,1-2H3. The van der Waals surface area contributed by atoms with Crippen molar-refractivity contribution in [3.8, 4) is 6.07 Å². The lowest BCUT2D eigenvalue weighted by atomic mass is 9.49. The summed E-state index contributed by atoms with van der Waals surface area (Å²) in [4.78, 5) is 13.2. The number of fused-ring (bicyclic) bond motifs is 5. The fourth-order valence-corrected chi connectivity index (χ4v) is 8.39. The molecule has 5 heteroatoms. The predicted octanol–water partition coefficient (Wildman–Crippen LogP) is 5.18. The first kappa shape index (κ1) is 20.2. The van der Waals surface area contributed by atoms with E-state index in [-0.39, 0.29) is 17.7 Å². The Hall–Kier alpha value is -1.70. The molecule has 0 spiro atoms. The zero-order valence-corrected chi connectivity index (χ0v) is 18.3. The normalized spacial score (nSPS) is 45.1. The number of hydrogen-bond acceptors (Lipinski definition) is 3. The second-order valence-corrected chi connectivity index (χ2v) is 11.1. The van der Waals surface area contributed by atoms with Crippen LogP contribution in [-0.4, -0.2) is 21.7 Å². The first-order valence-electron chi connectivity index (χ1n) is 12.0. The van der Waals surface area contributed by atoms with Crippen LogP contribution in [0.25, 0.3) is 0 Å². The largest absolute Gasteiger partial charge is 0.297 e. The van der Waals surface area contributed by atoms with Gasteiger partial charge in [0.25, 0.3) is 0 Å². The summed E-state index contributed by atoms with van der Waals surface area (Å²) >= 11 is 0. The van der Waals surface area contributed by atoms with Crippen molar-refractivity contribution in [1.29, 1.82) is 5.26 Å². The summed E-state index contributed by atoms with van der Waals surface area (Å²) in [6.07, 6.45) is 11.4. The number of hydrogen-bond donors (Lipinski definition) is 0. The molecule has 1 heterocycles.